The quantitative estimate of drug-likeness (QED) is 0.319. The van der Waals surface area contributed by atoms with Crippen LogP contribution < -0.4 is 11.0 Å². The first-order valence-corrected chi connectivity index (χ1v) is 11.0. The minimum absolute atomic E-state index is 0.0616. The number of hydrogen-bond donors (Lipinski definition) is 0. The Balaban J connectivity index is 2.14. The maximum Gasteiger partial charge on any atom is 0.341 e. The van der Waals surface area contributed by atoms with Gasteiger partial charge in [0.25, 0.3) is 11.5 Å². The highest BCUT2D eigenvalue weighted by molar-refractivity contribution is 6.33. The number of halogens is 2. The number of carbonyl (C=O) groups excluding carboxylic acids is 2. The highest BCUT2D eigenvalue weighted by atomic mass is 35.5. The third-order valence-corrected chi connectivity index (χ3v) is 5.43. The van der Waals surface area contributed by atoms with E-state index < -0.39 is 28.8 Å². The largest absolute Gasteiger partial charge is 0.462 e. The minimum Gasteiger partial charge on any atom is -0.462 e. The molecule has 0 atom stereocenters. The van der Waals surface area contributed by atoms with Gasteiger partial charge in [-0.05, 0) is 43.7 Å². The molecule has 0 aliphatic carbocycles. The van der Waals surface area contributed by atoms with Crippen LogP contribution in [0, 0.1) is 5.82 Å². The summed E-state index contributed by atoms with van der Waals surface area (Å²) >= 11 is 6.05. The van der Waals surface area contributed by atoms with Gasteiger partial charge < -0.3 is 9.30 Å². The average molecular weight is 483 g/mol. The minimum atomic E-state index is -0.977. The van der Waals surface area contributed by atoms with E-state index in [1.807, 2.05) is 6.92 Å². The van der Waals surface area contributed by atoms with E-state index in [1.54, 1.807) is 31.3 Å². The number of aryl methyl sites for hydroxylation is 1. The molecule has 0 aliphatic rings. The predicted octanol–water partition coefficient (Wildman–Crippen LogP) is 3.77. The Morgan fingerprint density at radius 3 is 2.68 bits per heavy atom. The van der Waals surface area contributed by atoms with Crippen molar-refractivity contribution in [1.29, 1.82) is 0 Å². The monoisotopic (exact) mass is 482 g/mol. The molecule has 0 N–H and O–H groups in total. The maximum absolute atomic E-state index is 14.4. The van der Waals surface area contributed by atoms with E-state index in [0.29, 0.717) is 12.1 Å². The summed E-state index contributed by atoms with van der Waals surface area (Å²) in [5.74, 6) is -2.60. The number of nitrogens with zero attached hydrogens (tertiary/aromatic N) is 4. The number of aromatic nitrogens is 3. The van der Waals surface area contributed by atoms with E-state index in [4.69, 9.17) is 16.3 Å². The zero-order chi connectivity index (χ0) is 24.4. The first kappa shape index (κ1) is 23.3. The zero-order valence-corrected chi connectivity index (χ0v) is 19.2. The van der Waals surface area contributed by atoms with Gasteiger partial charge in [-0.3, -0.25) is 14.0 Å². The zero-order valence-electron chi connectivity index (χ0n) is 18.4. The molecule has 0 unspecified atom stereocenters. The molecule has 4 aromatic rings. The Morgan fingerprint density at radius 2 is 1.97 bits per heavy atom. The normalized spacial score (nSPS) is 11.8. The fraction of sp³-hybridized carbons (Fsp3) is 0.208. The summed E-state index contributed by atoms with van der Waals surface area (Å²) in [4.78, 5) is 47.8. The molecule has 1 amide bonds. The Kier molecular flexibility index (Phi) is 6.56. The Morgan fingerprint density at radius 1 is 1.18 bits per heavy atom. The fourth-order valence-corrected chi connectivity index (χ4v) is 3.89. The van der Waals surface area contributed by atoms with Crippen LogP contribution in [0.15, 0.2) is 58.4 Å². The summed E-state index contributed by atoms with van der Waals surface area (Å²) in [5.41, 5.74) is -0.414. The van der Waals surface area contributed by atoms with E-state index in [9.17, 15) is 18.8 Å². The second-order valence-corrected chi connectivity index (χ2v) is 7.76. The molecule has 0 fully saturated rings. The molecule has 8 nitrogen and oxygen atoms in total. The molecule has 4 rings (SSSR count). The van der Waals surface area contributed by atoms with E-state index in [0.717, 1.165) is 6.07 Å². The second kappa shape index (κ2) is 9.56. The lowest BCUT2D eigenvalue weighted by Gasteiger charge is -2.14. The van der Waals surface area contributed by atoms with Gasteiger partial charge in [0.05, 0.1) is 22.6 Å². The molecule has 0 saturated carbocycles. The van der Waals surface area contributed by atoms with Crippen molar-refractivity contribution in [2.45, 2.75) is 26.8 Å². The van der Waals surface area contributed by atoms with Crippen LogP contribution >= 0.6 is 11.6 Å². The number of rotatable bonds is 5. The average Bonchev–Trinajstić information content (AvgIpc) is 2.81. The summed E-state index contributed by atoms with van der Waals surface area (Å²) in [6.07, 6.45) is 2.14. The summed E-state index contributed by atoms with van der Waals surface area (Å²) in [7, 11) is 0. The first-order valence-electron chi connectivity index (χ1n) is 10.6. The highest BCUT2D eigenvalue weighted by Gasteiger charge is 2.21. The fourth-order valence-electron chi connectivity index (χ4n) is 3.65. The van der Waals surface area contributed by atoms with Crippen LogP contribution in [0.1, 0.15) is 41.0 Å². The summed E-state index contributed by atoms with van der Waals surface area (Å²) in [6.45, 7) is 3.84. The number of ether oxygens (including phenoxy) is 1. The Bertz CT molecular complexity index is 1560. The van der Waals surface area contributed by atoms with Crippen molar-refractivity contribution in [2.24, 2.45) is 4.99 Å². The number of hydrogen-bond acceptors (Lipinski definition) is 5. The van der Waals surface area contributed by atoms with E-state index in [2.05, 4.69) is 9.98 Å². The number of esters is 1. The van der Waals surface area contributed by atoms with Crippen molar-refractivity contribution in [1.82, 2.24) is 14.0 Å². The van der Waals surface area contributed by atoms with Crippen LogP contribution in [0.25, 0.3) is 16.7 Å². The molecular weight excluding hydrogens is 463 g/mol. The molecule has 34 heavy (non-hydrogen) atoms. The lowest BCUT2D eigenvalue weighted by atomic mass is 10.2. The first-order chi connectivity index (χ1) is 16.4. The van der Waals surface area contributed by atoms with Gasteiger partial charge in [0.2, 0.25) is 0 Å². The summed E-state index contributed by atoms with van der Waals surface area (Å²) < 4.78 is 22.4. The van der Waals surface area contributed by atoms with E-state index in [-0.39, 0.29) is 40.3 Å². The van der Waals surface area contributed by atoms with E-state index in [1.165, 1.54) is 27.2 Å². The predicted molar refractivity (Wildman–Crippen MR) is 125 cm³/mol. The maximum atomic E-state index is 14.4. The van der Waals surface area contributed by atoms with Crippen molar-refractivity contribution in [3.8, 4) is 0 Å². The van der Waals surface area contributed by atoms with Crippen LogP contribution in [-0.2, 0) is 11.3 Å². The van der Waals surface area contributed by atoms with Gasteiger partial charge in [-0.2, -0.15) is 4.99 Å². The van der Waals surface area contributed by atoms with Gasteiger partial charge >= 0.3 is 5.97 Å². The van der Waals surface area contributed by atoms with Crippen molar-refractivity contribution in [3.05, 3.63) is 86.5 Å². The van der Waals surface area contributed by atoms with Gasteiger partial charge in [0.15, 0.2) is 5.49 Å². The second-order valence-electron chi connectivity index (χ2n) is 7.35. The van der Waals surface area contributed by atoms with Crippen LogP contribution in [-0.4, -0.2) is 32.4 Å². The number of fused-ring (bicyclic) bond motifs is 2. The van der Waals surface area contributed by atoms with Crippen LogP contribution in [0.2, 0.25) is 5.02 Å². The Hall–Kier alpha value is -3.85. The molecule has 174 valence electrons. The lowest BCUT2D eigenvalue weighted by molar-refractivity contribution is 0.0523. The van der Waals surface area contributed by atoms with Crippen molar-refractivity contribution in [3.63, 3.8) is 0 Å². The Labute approximate surface area is 197 Å². The van der Waals surface area contributed by atoms with Gasteiger partial charge in [-0.25, -0.2) is 14.2 Å². The molecule has 0 spiro atoms. The molecule has 1 aromatic carbocycles. The van der Waals surface area contributed by atoms with Gasteiger partial charge in [-0.15, -0.1) is 0 Å². The van der Waals surface area contributed by atoms with Crippen LogP contribution in [0.5, 0.6) is 0 Å². The highest BCUT2D eigenvalue weighted by Crippen LogP contribution is 2.20. The molecule has 10 heteroatoms. The number of carbonyl (C=O) groups is 2. The van der Waals surface area contributed by atoms with Gasteiger partial charge in [0.1, 0.15) is 22.7 Å². The molecule has 3 heterocycles. The van der Waals surface area contributed by atoms with Crippen molar-refractivity contribution in [2.75, 3.05) is 6.61 Å². The van der Waals surface area contributed by atoms with E-state index >= 15 is 0 Å². The third-order valence-electron chi connectivity index (χ3n) is 5.12. The number of pyridine rings is 2. The third kappa shape index (κ3) is 4.10. The molecule has 0 saturated heterocycles. The molecule has 3 aromatic heterocycles. The smallest absolute Gasteiger partial charge is 0.341 e. The summed E-state index contributed by atoms with van der Waals surface area (Å²) in [5, 5.41) is 0.0344. The summed E-state index contributed by atoms with van der Waals surface area (Å²) in [6, 6.07) is 10.2. The SMILES string of the molecule is CCCn1c(=NC(=O)c2c(F)cccc2Cl)c(C(=O)OCC)cc2c(=O)n3ccccc3nc21. The van der Waals surface area contributed by atoms with Crippen LogP contribution in [0.3, 0.4) is 0 Å². The van der Waals surface area contributed by atoms with Gasteiger partial charge in [0, 0.05) is 12.7 Å². The lowest BCUT2D eigenvalue weighted by Crippen LogP contribution is -2.33. The molecule has 0 aliphatic heterocycles. The topological polar surface area (TPSA) is 95.0 Å². The molecule has 0 bridgehead atoms. The standard InChI is InChI=1S/C24H20ClFN4O4/c1-3-11-30-20-14(23(32)29-12-6-5-10-18(29)27-20)13-15(24(33)34-4-2)21(30)28-22(31)19-16(25)8-7-9-17(19)26/h5-10,12-13H,3-4,11H2,1-2H3. The molecule has 0 radical (unpaired) electrons. The molecular formula is C24H20ClFN4O4. The number of amides is 1. The number of benzene rings is 1. The van der Waals surface area contributed by atoms with Crippen molar-refractivity contribution >= 4 is 40.2 Å². The van der Waals surface area contributed by atoms with Crippen LogP contribution in [0.4, 0.5) is 4.39 Å². The van der Waals surface area contributed by atoms with Crippen molar-refractivity contribution < 1.29 is 18.7 Å². The van der Waals surface area contributed by atoms with Gasteiger partial charge in [-0.1, -0.05) is 30.7 Å².